The molecule has 0 bridgehead atoms. The predicted molar refractivity (Wildman–Crippen MR) is 92.7 cm³/mol. The monoisotopic (exact) mass is 352 g/mol. The third-order valence-electron chi connectivity index (χ3n) is 4.02. The maximum atomic E-state index is 12.1. The van der Waals surface area contributed by atoms with Crippen molar-refractivity contribution in [2.24, 2.45) is 0 Å². The molecule has 2 amide bonds. The van der Waals surface area contributed by atoms with Gasteiger partial charge in [-0.2, -0.15) is 0 Å². The molecule has 1 unspecified atom stereocenters. The zero-order valence-electron chi connectivity index (χ0n) is 14.3. The molecule has 0 aliphatic carbocycles. The SMILES string of the molecule is CC(C)(C)c1ccc(C(=O)NCC(=O)NC2CCS(=O)(=O)C2)cc1. The van der Waals surface area contributed by atoms with E-state index in [2.05, 4.69) is 31.4 Å². The zero-order valence-corrected chi connectivity index (χ0v) is 15.1. The topological polar surface area (TPSA) is 92.3 Å². The van der Waals surface area contributed by atoms with Gasteiger partial charge in [0.05, 0.1) is 18.1 Å². The highest BCUT2D eigenvalue weighted by Crippen LogP contribution is 2.22. The van der Waals surface area contributed by atoms with Crippen LogP contribution in [0.3, 0.4) is 0 Å². The van der Waals surface area contributed by atoms with Crippen LogP contribution in [0.15, 0.2) is 24.3 Å². The molecule has 24 heavy (non-hydrogen) atoms. The molecule has 0 spiro atoms. The van der Waals surface area contributed by atoms with Gasteiger partial charge in [-0.25, -0.2) is 8.42 Å². The Bertz CT molecular complexity index is 718. The molecule has 2 rings (SSSR count). The van der Waals surface area contributed by atoms with E-state index >= 15 is 0 Å². The van der Waals surface area contributed by atoms with E-state index in [1.54, 1.807) is 12.1 Å². The van der Waals surface area contributed by atoms with Crippen LogP contribution in [-0.4, -0.2) is 44.3 Å². The third kappa shape index (κ3) is 5.06. The van der Waals surface area contributed by atoms with E-state index in [0.717, 1.165) is 5.56 Å². The van der Waals surface area contributed by atoms with Crippen LogP contribution in [-0.2, 0) is 20.0 Å². The second-order valence-electron chi connectivity index (χ2n) is 7.18. The molecule has 1 aromatic carbocycles. The van der Waals surface area contributed by atoms with Crippen molar-refractivity contribution in [2.75, 3.05) is 18.1 Å². The molecule has 1 atom stereocenters. The molecule has 1 fully saturated rings. The minimum Gasteiger partial charge on any atom is -0.351 e. The standard InChI is InChI=1S/C17H24N2O4S/c1-17(2,3)13-6-4-12(5-7-13)16(21)18-10-15(20)19-14-8-9-24(22,23)11-14/h4-7,14H,8-11H2,1-3H3,(H,18,21)(H,19,20). The molecule has 7 heteroatoms. The highest BCUT2D eigenvalue weighted by Gasteiger charge is 2.28. The van der Waals surface area contributed by atoms with Gasteiger partial charge in [0.1, 0.15) is 0 Å². The summed E-state index contributed by atoms with van der Waals surface area (Å²) < 4.78 is 22.7. The fourth-order valence-corrected chi connectivity index (χ4v) is 4.25. The van der Waals surface area contributed by atoms with E-state index in [0.29, 0.717) is 12.0 Å². The minimum atomic E-state index is -3.03. The maximum Gasteiger partial charge on any atom is 0.251 e. The van der Waals surface area contributed by atoms with Gasteiger partial charge in [0.15, 0.2) is 9.84 Å². The zero-order chi connectivity index (χ0) is 18.0. The van der Waals surface area contributed by atoms with Crippen LogP contribution >= 0.6 is 0 Å². The van der Waals surface area contributed by atoms with Crippen molar-refractivity contribution in [3.05, 3.63) is 35.4 Å². The number of hydrogen-bond acceptors (Lipinski definition) is 4. The Balaban J connectivity index is 1.83. The number of nitrogens with one attached hydrogen (secondary N) is 2. The molecule has 132 valence electrons. The molecule has 1 aliphatic rings. The number of rotatable bonds is 4. The van der Waals surface area contributed by atoms with Crippen LogP contribution in [0, 0.1) is 0 Å². The fraction of sp³-hybridized carbons (Fsp3) is 0.529. The van der Waals surface area contributed by atoms with Gasteiger partial charge in [-0.1, -0.05) is 32.9 Å². The van der Waals surface area contributed by atoms with Crippen LogP contribution in [0.25, 0.3) is 0 Å². The second-order valence-corrected chi connectivity index (χ2v) is 9.41. The Hall–Kier alpha value is -1.89. The van der Waals surface area contributed by atoms with Crippen molar-refractivity contribution in [1.82, 2.24) is 10.6 Å². The summed E-state index contributed by atoms with van der Waals surface area (Å²) in [5.41, 5.74) is 1.62. The Morgan fingerprint density at radius 2 is 1.79 bits per heavy atom. The second kappa shape index (κ2) is 6.93. The molecule has 6 nitrogen and oxygen atoms in total. The van der Waals surface area contributed by atoms with Crippen molar-refractivity contribution in [3.8, 4) is 0 Å². The highest BCUT2D eigenvalue weighted by molar-refractivity contribution is 7.91. The van der Waals surface area contributed by atoms with Crippen molar-refractivity contribution >= 4 is 21.7 Å². The van der Waals surface area contributed by atoms with E-state index in [1.165, 1.54) is 0 Å². The Kier molecular flexibility index (Phi) is 5.32. The highest BCUT2D eigenvalue weighted by atomic mass is 32.2. The van der Waals surface area contributed by atoms with Gasteiger partial charge in [0.25, 0.3) is 5.91 Å². The lowest BCUT2D eigenvalue weighted by molar-refractivity contribution is -0.120. The quantitative estimate of drug-likeness (QED) is 0.846. The average molecular weight is 352 g/mol. The lowest BCUT2D eigenvalue weighted by Crippen LogP contribution is -2.42. The smallest absolute Gasteiger partial charge is 0.251 e. The predicted octanol–water partition coefficient (Wildman–Crippen LogP) is 1.02. The van der Waals surface area contributed by atoms with Gasteiger partial charge in [0, 0.05) is 11.6 Å². The van der Waals surface area contributed by atoms with Crippen molar-refractivity contribution in [1.29, 1.82) is 0 Å². The maximum absolute atomic E-state index is 12.1. The van der Waals surface area contributed by atoms with Gasteiger partial charge >= 0.3 is 0 Å². The molecule has 1 aromatic rings. The summed E-state index contributed by atoms with van der Waals surface area (Å²) in [5.74, 6) is -0.632. The summed E-state index contributed by atoms with van der Waals surface area (Å²) in [7, 11) is -3.03. The van der Waals surface area contributed by atoms with Crippen molar-refractivity contribution < 1.29 is 18.0 Å². The lowest BCUT2D eigenvalue weighted by Gasteiger charge is -2.19. The molecule has 1 aliphatic heterocycles. The molecule has 0 radical (unpaired) electrons. The largest absolute Gasteiger partial charge is 0.351 e. The first-order valence-electron chi connectivity index (χ1n) is 7.95. The molecule has 1 saturated heterocycles. The van der Waals surface area contributed by atoms with Crippen LogP contribution in [0.5, 0.6) is 0 Å². The van der Waals surface area contributed by atoms with Crippen LogP contribution in [0.1, 0.15) is 43.1 Å². The van der Waals surface area contributed by atoms with E-state index < -0.39 is 9.84 Å². The molecule has 0 aromatic heterocycles. The summed E-state index contributed by atoms with van der Waals surface area (Å²) in [6, 6.07) is 6.91. The summed E-state index contributed by atoms with van der Waals surface area (Å²) in [6.07, 6.45) is 0.427. The molecular weight excluding hydrogens is 328 g/mol. The number of benzene rings is 1. The Morgan fingerprint density at radius 1 is 1.17 bits per heavy atom. The lowest BCUT2D eigenvalue weighted by atomic mass is 9.87. The summed E-state index contributed by atoms with van der Waals surface area (Å²) in [5, 5.41) is 5.19. The minimum absolute atomic E-state index is 0.0104. The van der Waals surface area contributed by atoms with E-state index in [4.69, 9.17) is 0 Å². The Labute approximate surface area is 142 Å². The van der Waals surface area contributed by atoms with Gasteiger partial charge in [-0.15, -0.1) is 0 Å². The number of sulfone groups is 1. The third-order valence-corrected chi connectivity index (χ3v) is 5.79. The normalized spacial score (nSPS) is 19.7. The fourth-order valence-electron chi connectivity index (χ4n) is 2.57. The van der Waals surface area contributed by atoms with Crippen LogP contribution in [0.4, 0.5) is 0 Å². The number of carbonyl (C=O) groups excluding carboxylic acids is 2. The van der Waals surface area contributed by atoms with Crippen LogP contribution < -0.4 is 10.6 Å². The summed E-state index contributed by atoms with van der Waals surface area (Å²) in [6.45, 7) is 6.11. The molecule has 1 heterocycles. The van der Waals surface area contributed by atoms with Gasteiger partial charge in [-0.3, -0.25) is 9.59 Å². The van der Waals surface area contributed by atoms with Gasteiger partial charge in [0.2, 0.25) is 5.91 Å². The first-order chi connectivity index (χ1) is 11.1. The molecule has 2 N–H and O–H groups in total. The van der Waals surface area contributed by atoms with E-state index in [9.17, 15) is 18.0 Å². The number of hydrogen-bond donors (Lipinski definition) is 2. The average Bonchev–Trinajstić information content (AvgIpc) is 2.83. The van der Waals surface area contributed by atoms with E-state index in [1.807, 2.05) is 12.1 Å². The summed E-state index contributed by atoms with van der Waals surface area (Å²) >= 11 is 0. The number of amides is 2. The van der Waals surface area contributed by atoms with E-state index in [-0.39, 0.29) is 41.3 Å². The first-order valence-corrected chi connectivity index (χ1v) is 9.77. The van der Waals surface area contributed by atoms with Crippen molar-refractivity contribution in [2.45, 2.75) is 38.6 Å². The van der Waals surface area contributed by atoms with Crippen molar-refractivity contribution in [3.63, 3.8) is 0 Å². The van der Waals surface area contributed by atoms with Crippen LogP contribution in [0.2, 0.25) is 0 Å². The number of carbonyl (C=O) groups is 2. The molecule has 0 saturated carbocycles. The first kappa shape index (κ1) is 18.4. The summed E-state index contributed by atoms with van der Waals surface area (Å²) in [4.78, 5) is 23.9. The molecular formula is C17H24N2O4S. The van der Waals surface area contributed by atoms with Gasteiger partial charge in [-0.05, 0) is 29.5 Å². The van der Waals surface area contributed by atoms with Gasteiger partial charge < -0.3 is 10.6 Å². The Morgan fingerprint density at radius 3 is 2.29 bits per heavy atom.